The number of hydrogen-bond donors (Lipinski definition) is 0. The molecule has 0 radical (unpaired) electrons. The molecule has 12 aromatic rings. The molecule has 3 nitrogen and oxygen atoms in total. The van der Waals surface area contributed by atoms with Gasteiger partial charge in [-0.15, -0.1) is 34.0 Å². The maximum atomic E-state index is 5.09. The van der Waals surface area contributed by atoms with E-state index < -0.39 is 0 Å². The zero-order chi connectivity index (χ0) is 37.5. The SMILES string of the molecule is c1ccc(-c2nc(-c3ccccc3)nc(-c3cccc4c3sc3cc(-c5ccc(-c6cccc7sc8ccccc8c67)c6c5sc5ccccc56)ccc34)n2)cc1. The number of benzene rings is 8. The summed E-state index contributed by atoms with van der Waals surface area (Å²) in [6, 6.07) is 63.0. The quantitative estimate of drug-likeness (QED) is 0.175. The monoisotopic (exact) mass is 779 g/mol. The fraction of sp³-hybridized carbons (Fsp3) is 0. The van der Waals surface area contributed by atoms with Crippen LogP contribution >= 0.6 is 34.0 Å². The summed E-state index contributed by atoms with van der Waals surface area (Å²) < 4.78 is 7.68. The van der Waals surface area contributed by atoms with Crippen LogP contribution < -0.4 is 0 Å². The molecule has 57 heavy (non-hydrogen) atoms. The van der Waals surface area contributed by atoms with E-state index in [2.05, 4.69) is 140 Å². The van der Waals surface area contributed by atoms with Gasteiger partial charge < -0.3 is 0 Å². The van der Waals surface area contributed by atoms with Crippen molar-refractivity contribution in [2.45, 2.75) is 0 Å². The summed E-state index contributed by atoms with van der Waals surface area (Å²) in [5.41, 5.74) is 8.00. The first-order valence-corrected chi connectivity index (χ1v) is 21.4. The Bertz CT molecular complexity index is 3470. The zero-order valence-electron chi connectivity index (χ0n) is 30.3. The number of hydrogen-bond acceptors (Lipinski definition) is 6. The molecule has 0 aliphatic carbocycles. The van der Waals surface area contributed by atoms with E-state index in [-0.39, 0.29) is 0 Å². The van der Waals surface area contributed by atoms with Crippen LogP contribution in [0.2, 0.25) is 0 Å². The van der Waals surface area contributed by atoms with Crippen molar-refractivity contribution in [2.75, 3.05) is 0 Å². The van der Waals surface area contributed by atoms with Gasteiger partial charge in [0, 0.05) is 77.2 Å². The van der Waals surface area contributed by atoms with Crippen molar-refractivity contribution in [3.05, 3.63) is 176 Å². The molecule has 0 aliphatic rings. The Morgan fingerprint density at radius 2 is 0.825 bits per heavy atom. The minimum atomic E-state index is 0.666. The Morgan fingerprint density at radius 1 is 0.281 bits per heavy atom. The average Bonchev–Trinajstić information content (AvgIpc) is 3.98. The summed E-state index contributed by atoms with van der Waals surface area (Å²) in [5, 5.41) is 7.74. The van der Waals surface area contributed by atoms with Crippen LogP contribution in [0.5, 0.6) is 0 Å². The topological polar surface area (TPSA) is 38.7 Å². The summed E-state index contributed by atoms with van der Waals surface area (Å²) in [5.74, 6) is 2.01. The van der Waals surface area contributed by atoms with Crippen molar-refractivity contribution >= 4 is 94.5 Å². The second-order valence-electron chi connectivity index (χ2n) is 14.3. The molecule has 6 heteroatoms. The fourth-order valence-corrected chi connectivity index (χ4v) is 12.0. The smallest absolute Gasteiger partial charge is 0.165 e. The molecule has 0 atom stereocenters. The summed E-state index contributed by atoms with van der Waals surface area (Å²) in [6.07, 6.45) is 0. The highest BCUT2D eigenvalue weighted by Crippen LogP contribution is 2.49. The number of rotatable bonds is 5. The molecule has 0 amide bonds. The van der Waals surface area contributed by atoms with Crippen molar-refractivity contribution in [2.24, 2.45) is 0 Å². The van der Waals surface area contributed by atoms with Gasteiger partial charge in [-0.25, -0.2) is 15.0 Å². The second-order valence-corrected chi connectivity index (χ2v) is 17.5. The minimum Gasteiger partial charge on any atom is -0.208 e. The molecule has 0 unspecified atom stereocenters. The summed E-state index contributed by atoms with van der Waals surface area (Å²) in [7, 11) is 0. The van der Waals surface area contributed by atoms with Crippen molar-refractivity contribution in [3.63, 3.8) is 0 Å². The Morgan fingerprint density at radius 3 is 1.58 bits per heavy atom. The van der Waals surface area contributed by atoms with Gasteiger partial charge in [0.1, 0.15) is 0 Å². The third-order valence-corrected chi connectivity index (χ3v) is 14.5. The molecule has 12 rings (SSSR count). The summed E-state index contributed by atoms with van der Waals surface area (Å²) >= 11 is 5.58. The molecule has 0 aliphatic heterocycles. The van der Waals surface area contributed by atoms with Crippen molar-refractivity contribution in [3.8, 4) is 56.4 Å². The highest BCUT2D eigenvalue weighted by atomic mass is 32.1. The van der Waals surface area contributed by atoms with Crippen LogP contribution in [0, 0.1) is 0 Å². The van der Waals surface area contributed by atoms with Gasteiger partial charge >= 0.3 is 0 Å². The Hall–Kier alpha value is -6.57. The normalized spacial score (nSPS) is 11.9. The lowest BCUT2D eigenvalue weighted by atomic mass is 9.92. The van der Waals surface area contributed by atoms with Gasteiger partial charge in [0.2, 0.25) is 0 Å². The standard InChI is InChI=1S/C51H29N3S3/c1-3-13-30(14-4-1)49-52-50(31-15-5-2-6-16-31)54-51(53-49)40-21-11-20-37-34-26-25-32(29-44(34)57-47(37)40)33-27-28-36(46-39-18-8-10-23-42(39)56-48(33)46)35-19-12-24-43-45(35)38-17-7-9-22-41(38)55-43/h1-29H. The van der Waals surface area contributed by atoms with Gasteiger partial charge in [-0.1, -0.05) is 146 Å². The molecule has 0 saturated heterocycles. The van der Waals surface area contributed by atoms with Crippen molar-refractivity contribution < 1.29 is 0 Å². The second kappa shape index (κ2) is 13.0. The molecule has 0 spiro atoms. The van der Waals surface area contributed by atoms with Gasteiger partial charge in [0.05, 0.1) is 0 Å². The first-order valence-electron chi connectivity index (χ1n) is 18.9. The maximum absolute atomic E-state index is 5.09. The van der Waals surface area contributed by atoms with E-state index in [1.807, 2.05) is 70.4 Å². The summed E-state index contributed by atoms with van der Waals surface area (Å²) in [4.78, 5) is 15.1. The molecule has 266 valence electrons. The van der Waals surface area contributed by atoms with E-state index in [0.29, 0.717) is 17.5 Å². The minimum absolute atomic E-state index is 0.666. The van der Waals surface area contributed by atoms with Crippen LogP contribution in [-0.4, -0.2) is 15.0 Å². The zero-order valence-corrected chi connectivity index (χ0v) is 32.8. The number of fused-ring (bicyclic) bond motifs is 9. The first-order chi connectivity index (χ1) is 28.2. The summed E-state index contributed by atoms with van der Waals surface area (Å²) in [6.45, 7) is 0. The maximum Gasteiger partial charge on any atom is 0.165 e. The van der Waals surface area contributed by atoms with E-state index in [4.69, 9.17) is 15.0 Å². The molecule has 0 bridgehead atoms. The lowest BCUT2D eigenvalue weighted by Gasteiger charge is -2.11. The molecule has 4 heterocycles. The van der Waals surface area contributed by atoms with Crippen molar-refractivity contribution in [1.29, 1.82) is 0 Å². The Balaban J connectivity index is 1.04. The van der Waals surface area contributed by atoms with Gasteiger partial charge in [-0.05, 0) is 52.6 Å². The van der Waals surface area contributed by atoms with Gasteiger partial charge in [-0.3, -0.25) is 0 Å². The lowest BCUT2D eigenvalue weighted by molar-refractivity contribution is 1.08. The van der Waals surface area contributed by atoms with E-state index in [1.54, 1.807) is 0 Å². The average molecular weight is 780 g/mol. The predicted octanol–water partition coefficient (Wildman–Crippen LogP) is 15.3. The van der Waals surface area contributed by atoms with Crippen molar-refractivity contribution in [1.82, 2.24) is 15.0 Å². The van der Waals surface area contributed by atoms with Crippen LogP contribution in [-0.2, 0) is 0 Å². The molecule has 0 saturated carbocycles. The first kappa shape index (κ1) is 32.7. The van der Waals surface area contributed by atoms with E-state index >= 15 is 0 Å². The highest BCUT2D eigenvalue weighted by Gasteiger charge is 2.20. The molecular weight excluding hydrogens is 751 g/mol. The Labute approximate surface area is 339 Å². The highest BCUT2D eigenvalue weighted by molar-refractivity contribution is 7.27. The molecule has 0 N–H and O–H groups in total. The number of thiophene rings is 3. The van der Waals surface area contributed by atoms with E-state index in [9.17, 15) is 0 Å². The Kier molecular flexibility index (Phi) is 7.45. The predicted molar refractivity (Wildman–Crippen MR) is 246 cm³/mol. The molecule has 8 aromatic carbocycles. The third kappa shape index (κ3) is 5.26. The van der Waals surface area contributed by atoms with Crippen LogP contribution in [0.1, 0.15) is 0 Å². The molecular formula is C51H29N3S3. The largest absolute Gasteiger partial charge is 0.208 e. The van der Waals surface area contributed by atoms with Gasteiger partial charge in [0.25, 0.3) is 0 Å². The van der Waals surface area contributed by atoms with E-state index in [1.165, 1.54) is 82.8 Å². The number of nitrogens with zero attached hydrogens (tertiary/aromatic N) is 3. The third-order valence-electron chi connectivity index (χ3n) is 11.0. The number of aromatic nitrogens is 3. The van der Waals surface area contributed by atoms with Gasteiger partial charge in [0.15, 0.2) is 17.5 Å². The van der Waals surface area contributed by atoms with Gasteiger partial charge in [-0.2, -0.15) is 0 Å². The molecule has 0 fully saturated rings. The molecule has 4 aromatic heterocycles. The van der Waals surface area contributed by atoms with Crippen LogP contribution in [0.3, 0.4) is 0 Å². The van der Waals surface area contributed by atoms with Crippen LogP contribution in [0.25, 0.3) is 117 Å². The van der Waals surface area contributed by atoms with Crippen LogP contribution in [0.4, 0.5) is 0 Å². The lowest BCUT2D eigenvalue weighted by Crippen LogP contribution is -2.00. The van der Waals surface area contributed by atoms with Crippen LogP contribution in [0.15, 0.2) is 176 Å². The van der Waals surface area contributed by atoms with E-state index in [0.717, 1.165) is 16.7 Å². The fourth-order valence-electron chi connectivity index (χ4n) is 8.35.